The van der Waals surface area contributed by atoms with E-state index in [9.17, 15) is 14.4 Å². The molecule has 0 aliphatic heterocycles. The summed E-state index contributed by atoms with van der Waals surface area (Å²) in [6.45, 7) is 6.00. The van der Waals surface area contributed by atoms with Gasteiger partial charge in [0.1, 0.15) is 0 Å². The SMILES string of the molecule is CCn1c(=O)[nH]c(=O)c2c(C(=O)NC)cc(C(C)C)nc21. The molecule has 7 nitrogen and oxygen atoms in total. The fourth-order valence-electron chi connectivity index (χ4n) is 2.20. The number of aromatic nitrogens is 3. The Kier molecular flexibility index (Phi) is 3.93. The van der Waals surface area contributed by atoms with Crippen LogP contribution in [-0.4, -0.2) is 27.5 Å². The van der Waals surface area contributed by atoms with E-state index in [4.69, 9.17) is 0 Å². The Morgan fingerprint density at radius 1 is 1.43 bits per heavy atom. The van der Waals surface area contributed by atoms with Crippen molar-refractivity contribution >= 4 is 16.9 Å². The lowest BCUT2D eigenvalue weighted by Gasteiger charge is -2.13. The van der Waals surface area contributed by atoms with E-state index in [2.05, 4.69) is 15.3 Å². The van der Waals surface area contributed by atoms with E-state index < -0.39 is 11.2 Å². The minimum Gasteiger partial charge on any atom is -0.355 e. The molecule has 0 saturated heterocycles. The fraction of sp³-hybridized carbons (Fsp3) is 0.429. The summed E-state index contributed by atoms with van der Waals surface area (Å²) in [4.78, 5) is 42.7. The summed E-state index contributed by atoms with van der Waals surface area (Å²) >= 11 is 0. The van der Waals surface area contributed by atoms with Crippen LogP contribution in [-0.2, 0) is 6.54 Å². The maximum atomic E-state index is 12.1. The molecule has 0 aromatic carbocycles. The Balaban J connectivity index is 3.04. The minimum atomic E-state index is -0.596. The molecule has 2 N–H and O–H groups in total. The lowest BCUT2D eigenvalue weighted by Crippen LogP contribution is -2.32. The van der Waals surface area contributed by atoms with Crippen LogP contribution in [0, 0.1) is 0 Å². The van der Waals surface area contributed by atoms with Gasteiger partial charge in [0.15, 0.2) is 5.65 Å². The van der Waals surface area contributed by atoms with Gasteiger partial charge in [0.25, 0.3) is 11.5 Å². The zero-order chi connectivity index (χ0) is 15.7. The molecule has 0 saturated carbocycles. The van der Waals surface area contributed by atoms with Crippen molar-refractivity contribution in [3.63, 3.8) is 0 Å². The summed E-state index contributed by atoms with van der Waals surface area (Å²) in [5, 5.41) is 2.65. The Bertz CT molecular complexity index is 817. The largest absolute Gasteiger partial charge is 0.355 e. The first-order valence-corrected chi connectivity index (χ1v) is 6.80. The number of pyridine rings is 1. The van der Waals surface area contributed by atoms with Crippen molar-refractivity contribution in [1.82, 2.24) is 19.9 Å². The van der Waals surface area contributed by atoms with Gasteiger partial charge in [-0.3, -0.25) is 19.1 Å². The lowest BCUT2D eigenvalue weighted by atomic mass is 10.0. The van der Waals surface area contributed by atoms with Gasteiger partial charge in [0, 0.05) is 19.3 Å². The molecule has 0 aliphatic carbocycles. The second-order valence-corrected chi connectivity index (χ2v) is 5.03. The number of carbonyl (C=O) groups is 1. The summed E-state index contributed by atoms with van der Waals surface area (Å²) in [6.07, 6.45) is 0. The molecule has 0 unspecified atom stereocenters. The molecule has 0 atom stereocenters. The molecule has 0 aliphatic rings. The monoisotopic (exact) mass is 290 g/mol. The van der Waals surface area contributed by atoms with Crippen LogP contribution in [0.3, 0.4) is 0 Å². The van der Waals surface area contributed by atoms with Crippen molar-refractivity contribution in [2.45, 2.75) is 33.2 Å². The molecule has 0 bridgehead atoms. The van der Waals surface area contributed by atoms with Crippen molar-refractivity contribution in [3.05, 3.63) is 38.2 Å². The lowest BCUT2D eigenvalue weighted by molar-refractivity contribution is 0.0964. The van der Waals surface area contributed by atoms with Crippen LogP contribution in [0.15, 0.2) is 15.7 Å². The van der Waals surface area contributed by atoms with Crippen LogP contribution in [0.25, 0.3) is 11.0 Å². The minimum absolute atomic E-state index is 0.0671. The van der Waals surface area contributed by atoms with Gasteiger partial charge in [-0.05, 0) is 18.9 Å². The molecule has 0 radical (unpaired) electrons. The standard InChI is InChI=1S/C14H18N4O3/c1-5-18-11-10(13(20)17-14(18)21)8(12(19)15-4)6-9(16-11)7(2)3/h6-7H,5H2,1-4H3,(H,15,19)(H,17,20,21). The number of hydrogen-bond acceptors (Lipinski definition) is 4. The molecule has 2 aromatic rings. The van der Waals surface area contributed by atoms with Crippen LogP contribution < -0.4 is 16.6 Å². The first kappa shape index (κ1) is 15.0. The molecule has 2 aromatic heterocycles. The second-order valence-electron chi connectivity index (χ2n) is 5.03. The Labute approximate surface area is 121 Å². The third kappa shape index (κ3) is 2.46. The Morgan fingerprint density at radius 2 is 2.10 bits per heavy atom. The fourth-order valence-corrected chi connectivity index (χ4v) is 2.20. The summed E-state index contributed by atoms with van der Waals surface area (Å²) in [6, 6.07) is 1.60. The highest BCUT2D eigenvalue weighted by molar-refractivity contribution is 6.05. The number of fused-ring (bicyclic) bond motifs is 1. The van der Waals surface area contributed by atoms with Crippen LogP contribution in [0.1, 0.15) is 42.7 Å². The number of carbonyl (C=O) groups excluding carboxylic acids is 1. The molecule has 0 spiro atoms. The van der Waals surface area contributed by atoms with Gasteiger partial charge in [0.2, 0.25) is 0 Å². The van der Waals surface area contributed by atoms with E-state index in [1.54, 1.807) is 13.0 Å². The normalized spacial score (nSPS) is 11.1. The molecular formula is C14H18N4O3. The summed E-state index contributed by atoms with van der Waals surface area (Å²) in [7, 11) is 1.49. The van der Waals surface area contributed by atoms with Gasteiger partial charge >= 0.3 is 5.69 Å². The topological polar surface area (TPSA) is 96.9 Å². The highest BCUT2D eigenvalue weighted by atomic mass is 16.2. The number of aromatic amines is 1. The zero-order valence-corrected chi connectivity index (χ0v) is 12.5. The third-order valence-electron chi connectivity index (χ3n) is 3.35. The van der Waals surface area contributed by atoms with Gasteiger partial charge in [-0.15, -0.1) is 0 Å². The summed E-state index contributed by atoms with van der Waals surface area (Å²) in [5.74, 6) is -0.311. The van der Waals surface area contributed by atoms with E-state index in [-0.39, 0.29) is 28.4 Å². The second kappa shape index (κ2) is 5.51. The molecule has 0 fully saturated rings. The van der Waals surface area contributed by atoms with Gasteiger partial charge in [-0.1, -0.05) is 13.8 Å². The number of nitrogens with one attached hydrogen (secondary N) is 2. The Hall–Kier alpha value is -2.44. The Morgan fingerprint density at radius 3 is 2.62 bits per heavy atom. The average Bonchev–Trinajstić information content (AvgIpc) is 2.45. The number of H-pyrrole nitrogens is 1. The number of aryl methyl sites for hydroxylation is 1. The highest BCUT2D eigenvalue weighted by Gasteiger charge is 2.19. The maximum absolute atomic E-state index is 12.1. The van der Waals surface area contributed by atoms with Crippen molar-refractivity contribution in [2.75, 3.05) is 7.05 Å². The number of amides is 1. The van der Waals surface area contributed by atoms with Gasteiger partial charge in [0.05, 0.1) is 10.9 Å². The van der Waals surface area contributed by atoms with Crippen molar-refractivity contribution in [2.24, 2.45) is 0 Å². The molecule has 2 rings (SSSR count). The average molecular weight is 290 g/mol. The van der Waals surface area contributed by atoms with Crippen LogP contribution in [0.5, 0.6) is 0 Å². The molecule has 2 heterocycles. The molecule has 7 heteroatoms. The molecule has 112 valence electrons. The van der Waals surface area contributed by atoms with Gasteiger partial charge in [-0.25, -0.2) is 9.78 Å². The quantitative estimate of drug-likeness (QED) is 0.864. The van der Waals surface area contributed by atoms with E-state index >= 15 is 0 Å². The number of hydrogen-bond donors (Lipinski definition) is 2. The number of rotatable bonds is 3. The summed E-state index contributed by atoms with van der Waals surface area (Å²) in [5.41, 5.74) is 0.0198. The van der Waals surface area contributed by atoms with E-state index in [0.717, 1.165) is 0 Å². The van der Waals surface area contributed by atoms with Crippen molar-refractivity contribution < 1.29 is 4.79 Å². The third-order valence-corrected chi connectivity index (χ3v) is 3.35. The number of nitrogens with zero attached hydrogens (tertiary/aromatic N) is 2. The maximum Gasteiger partial charge on any atom is 0.329 e. The van der Waals surface area contributed by atoms with Gasteiger partial charge < -0.3 is 5.32 Å². The smallest absolute Gasteiger partial charge is 0.329 e. The van der Waals surface area contributed by atoms with Crippen LogP contribution >= 0.6 is 0 Å². The molecular weight excluding hydrogens is 272 g/mol. The van der Waals surface area contributed by atoms with E-state index in [0.29, 0.717) is 12.2 Å². The van der Waals surface area contributed by atoms with E-state index in [1.165, 1.54) is 11.6 Å². The van der Waals surface area contributed by atoms with Crippen LogP contribution in [0.2, 0.25) is 0 Å². The molecule has 1 amide bonds. The van der Waals surface area contributed by atoms with Crippen molar-refractivity contribution in [1.29, 1.82) is 0 Å². The predicted octanol–water partition coefficient (Wildman–Crippen LogP) is 0.588. The zero-order valence-electron chi connectivity index (χ0n) is 12.5. The summed E-state index contributed by atoms with van der Waals surface area (Å²) < 4.78 is 1.36. The first-order chi connectivity index (χ1) is 9.90. The van der Waals surface area contributed by atoms with E-state index in [1.807, 2.05) is 13.8 Å². The van der Waals surface area contributed by atoms with Crippen LogP contribution in [0.4, 0.5) is 0 Å². The predicted molar refractivity (Wildman–Crippen MR) is 79.8 cm³/mol. The van der Waals surface area contributed by atoms with Gasteiger partial charge in [-0.2, -0.15) is 0 Å². The molecule has 21 heavy (non-hydrogen) atoms. The highest BCUT2D eigenvalue weighted by Crippen LogP contribution is 2.19. The van der Waals surface area contributed by atoms with Crippen molar-refractivity contribution in [3.8, 4) is 0 Å². The first-order valence-electron chi connectivity index (χ1n) is 6.80.